The van der Waals surface area contributed by atoms with Gasteiger partial charge in [-0.25, -0.2) is 29.9 Å². The smallest absolute Gasteiger partial charge is 0.235 e. The van der Waals surface area contributed by atoms with Crippen LogP contribution in [0.3, 0.4) is 0 Å². The summed E-state index contributed by atoms with van der Waals surface area (Å²) in [5.74, 6) is 2.00. The number of hydrogen-bond acceptors (Lipinski definition) is 8. The number of hydrogen-bond donors (Lipinski definition) is 0. The Bertz CT molecular complexity index is 11700. The molecule has 14 heteroatoms. The van der Waals surface area contributed by atoms with Crippen LogP contribution in [-0.2, 0) is 5.41 Å². The Hall–Kier alpha value is -19.5. The van der Waals surface area contributed by atoms with Gasteiger partial charge in [-0.15, -0.1) is 11.3 Å². The second-order valence-electron chi connectivity index (χ2n) is 40.5. The molecule has 0 N–H and O–H groups in total. The number of rotatable bonds is 6. The van der Waals surface area contributed by atoms with E-state index < -0.39 is 0 Å². The molecule has 0 unspecified atom stereocenters. The van der Waals surface area contributed by atoms with Gasteiger partial charge in [-0.05, 0) is 166 Å². The SMILES string of the molecule is CC1(C)c2ccccc2-c2ccc(-c3nc(-n4c5cccc6c7cccc8c9ccccc9n(c9cccc4c9c65)c78)nc4ccccc34)cc21.c1ccc2c(-c3ccc4c(c3)oc3ccccc34)nc(-n3c4cccc5c6cccc7c8ccccc8n(c8cccc3c8c54)c67)nc2c1.c1ccc2c(-c3ccc4c(c3)sc3ccccc34)nc(-n3c4cccc5c6cccc7c8ccccc8n(c8cccc3c8c54)c67)nc2c1. The van der Waals surface area contributed by atoms with Crippen molar-refractivity contribution in [2.75, 3.05) is 0 Å². The fourth-order valence-corrected chi connectivity index (χ4v) is 27.5. The third-order valence-electron chi connectivity index (χ3n) is 32.6. The molecule has 0 amide bonds. The van der Waals surface area contributed by atoms with E-state index in [1.165, 1.54) is 189 Å². The summed E-state index contributed by atoms with van der Waals surface area (Å²) in [6.45, 7) is 4.67. The van der Waals surface area contributed by atoms with Crippen molar-refractivity contribution in [3.05, 3.63) is 448 Å². The van der Waals surface area contributed by atoms with E-state index in [0.717, 1.165) is 122 Å². The highest BCUT2D eigenvalue weighted by atomic mass is 32.1. The molecule has 35 aromatic rings. The second kappa shape index (κ2) is 29.8. The standard InChI is InChI=1S/C47H30N4.C44H24N4O.C44H24N4S/c1-47(2)35-18-6-3-12-28(35)29-25-24-27(26-36(29)47)44-34-14-4-7-19-37(34)48-46(49-44)51-39-21-10-15-31-33-17-9-16-32-30-13-5-8-20-38(30)50(45(32)33)40-22-11-23-41(51)43(40)42(31)39;2*1-4-16-33-32(12-1)42(25-22-23-28-27-11-3-6-21-38(27)49-39(28)24-25)46-44(45-33)48-35-18-8-13-29-31-15-7-14-30-26-10-2-5-17-34(26)47(43(30)31)36-19-9-20-37(48)41(36)40(29)35/h3-26H,1-2H3;2*1-24H. The van der Waals surface area contributed by atoms with E-state index in [9.17, 15) is 0 Å². The summed E-state index contributed by atoms with van der Waals surface area (Å²) in [6.07, 6.45) is 0. The van der Waals surface area contributed by atoms with Gasteiger partial charge >= 0.3 is 0 Å². The van der Waals surface area contributed by atoms with Crippen molar-refractivity contribution in [1.29, 1.82) is 0 Å². The molecule has 690 valence electrons. The van der Waals surface area contributed by atoms with Gasteiger partial charge in [0.15, 0.2) is 0 Å². The molecule has 14 aromatic heterocycles. The minimum absolute atomic E-state index is 0.106. The molecule has 0 radical (unpaired) electrons. The van der Waals surface area contributed by atoms with Gasteiger partial charge in [0, 0.05) is 150 Å². The molecule has 1 aliphatic carbocycles. The molecule has 0 saturated carbocycles. The summed E-state index contributed by atoms with van der Waals surface area (Å²) >= 11 is 1.84. The molecular formula is C135H78N12OS. The molecule has 14 heterocycles. The third kappa shape index (κ3) is 11.0. The molecule has 0 atom stereocenters. The number of nitrogens with zero attached hydrogens (tertiary/aromatic N) is 12. The zero-order valence-electron chi connectivity index (χ0n) is 80.3. The monoisotopic (exact) mass is 1910 g/mol. The Balaban J connectivity index is 0.0000000953. The van der Waals surface area contributed by atoms with E-state index >= 15 is 0 Å². The molecule has 0 spiro atoms. The lowest BCUT2D eigenvalue weighted by atomic mass is 9.82. The minimum Gasteiger partial charge on any atom is -0.456 e. The average Bonchev–Trinajstić information content (AvgIpc) is 1.53. The maximum absolute atomic E-state index is 6.31. The van der Waals surface area contributed by atoms with Gasteiger partial charge in [0.1, 0.15) is 11.2 Å². The predicted octanol–water partition coefficient (Wildman–Crippen LogP) is 35.2. The van der Waals surface area contributed by atoms with Crippen molar-refractivity contribution in [2.45, 2.75) is 19.3 Å². The Morgan fingerprint density at radius 1 is 0.201 bits per heavy atom. The molecule has 0 aliphatic heterocycles. The van der Waals surface area contributed by atoms with Gasteiger partial charge in [-0.1, -0.05) is 323 Å². The van der Waals surface area contributed by atoms with E-state index in [0.29, 0.717) is 17.8 Å². The van der Waals surface area contributed by atoms with Gasteiger partial charge in [0.25, 0.3) is 0 Å². The molecular weight excluding hydrogens is 1840 g/mol. The summed E-state index contributed by atoms with van der Waals surface area (Å²) in [7, 11) is 0. The van der Waals surface area contributed by atoms with Crippen LogP contribution in [0.1, 0.15) is 25.0 Å². The lowest BCUT2D eigenvalue weighted by Crippen LogP contribution is -2.15. The Labute approximate surface area is 850 Å². The first-order valence-corrected chi connectivity index (χ1v) is 51.7. The van der Waals surface area contributed by atoms with Crippen LogP contribution >= 0.6 is 11.3 Å². The van der Waals surface area contributed by atoms with Crippen LogP contribution in [0, 0.1) is 0 Å². The number of benzene rings is 21. The van der Waals surface area contributed by atoms with Gasteiger partial charge in [0.05, 0.1) is 116 Å². The minimum atomic E-state index is -0.106. The van der Waals surface area contributed by atoms with Crippen LogP contribution in [0.15, 0.2) is 441 Å². The Kier molecular flexibility index (Phi) is 16.2. The summed E-state index contributed by atoms with van der Waals surface area (Å²) in [4.78, 5) is 32.2. The molecule has 0 fully saturated rings. The zero-order chi connectivity index (χ0) is 97.2. The molecule has 0 saturated heterocycles. The molecule has 0 bridgehead atoms. The van der Waals surface area contributed by atoms with Crippen LogP contribution in [0.2, 0.25) is 0 Å². The quantitative estimate of drug-likeness (QED) is 0.163. The fraction of sp³-hybridized carbons (Fsp3) is 0.0222. The number of para-hydroxylation sites is 10. The average molecular weight is 1920 g/mol. The number of aromatic nitrogens is 12. The highest BCUT2D eigenvalue weighted by Crippen LogP contribution is 2.54. The first kappa shape index (κ1) is 80.9. The Morgan fingerprint density at radius 2 is 0.503 bits per heavy atom. The first-order chi connectivity index (χ1) is 73.7. The predicted molar refractivity (Wildman–Crippen MR) is 620 cm³/mol. The van der Waals surface area contributed by atoms with Crippen molar-refractivity contribution in [1.82, 2.24) is 56.8 Å². The highest BCUT2D eigenvalue weighted by molar-refractivity contribution is 7.25. The van der Waals surface area contributed by atoms with Gasteiger partial charge in [-0.3, -0.25) is 13.7 Å². The van der Waals surface area contributed by atoms with E-state index in [-0.39, 0.29) is 5.41 Å². The number of furan rings is 1. The highest BCUT2D eigenvalue weighted by Gasteiger charge is 2.37. The Morgan fingerprint density at radius 3 is 0.966 bits per heavy atom. The summed E-state index contributed by atoms with van der Waals surface area (Å²) in [6, 6.07) is 157. The van der Waals surface area contributed by atoms with Crippen LogP contribution in [-0.4, -0.2) is 56.8 Å². The molecule has 36 rings (SSSR count). The van der Waals surface area contributed by atoms with Crippen LogP contribution in [0.25, 0.3) is 317 Å². The van der Waals surface area contributed by atoms with Gasteiger partial charge in [0.2, 0.25) is 17.8 Å². The molecule has 13 nitrogen and oxygen atoms in total. The van der Waals surface area contributed by atoms with Crippen molar-refractivity contribution >= 4 is 266 Å². The molecule has 21 aromatic carbocycles. The van der Waals surface area contributed by atoms with Crippen LogP contribution in [0.5, 0.6) is 0 Å². The van der Waals surface area contributed by atoms with Gasteiger partial charge < -0.3 is 17.6 Å². The summed E-state index contributed by atoms with van der Waals surface area (Å²) in [5, 5.41) is 30.2. The van der Waals surface area contributed by atoms with E-state index in [4.69, 9.17) is 34.3 Å². The number of fused-ring (bicyclic) bond motifs is 27. The summed E-state index contributed by atoms with van der Waals surface area (Å²) < 4.78 is 23.1. The largest absolute Gasteiger partial charge is 0.456 e. The molecule has 149 heavy (non-hydrogen) atoms. The number of thiophene rings is 1. The van der Waals surface area contributed by atoms with Crippen molar-refractivity contribution in [3.63, 3.8) is 0 Å². The van der Waals surface area contributed by atoms with E-state index in [1.807, 2.05) is 29.5 Å². The van der Waals surface area contributed by atoms with E-state index in [2.05, 4.69) is 459 Å². The second-order valence-corrected chi connectivity index (χ2v) is 41.6. The van der Waals surface area contributed by atoms with E-state index in [1.54, 1.807) is 0 Å². The van der Waals surface area contributed by atoms with Crippen LogP contribution < -0.4 is 0 Å². The fourth-order valence-electron chi connectivity index (χ4n) is 26.4. The lowest BCUT2D eigenvalue weighted by Gasteiger charge is -2.22. The normalized spacial score (nSPS) is 13.0. The lowest BCUT2D eigenvalue weighted by molar-refractivity contribution is 0.660. The third-order valence-corrected chi connectivity index (χ3v) is 33.7. The maximum atomic E-state index is 6.31. The maximum Gasteiger partial charge on any atom is 0.235 e. The first-order valence-electron chi connectivity index (χ1n) is 50.9. The zero-order valence-corrected chi connectivity index (χ0v) is 81.1. The van der Waals surface area contributed by atoms with Crippen molar-refractivity contribution < 1.29 is 4.42 Å². The van der Waals surface area contributed by atoms with Crippen LogP contribution in [0.4, 0.5) is 0 Å². The van der Waals surface area contributed by atoms with Crippen molar-refractivity contribution in [3.8, 4) is 62.7 Å². The van der Waals surface area contributed by atoms with Crippen molar-refractivity contribution in [2.24, 2.45) is 0 Å². The molecule has 1 aliphatic rings. The summed E-state index contributed by atoms with van der Waals surface area (Å²) in [5.41, 5.74) is 33.2. The topological polar surface area (TPSA) is 119 Å². The van der Waals surface area contributed by atoms with Gasteiger partial charge in [-0.2, -0.15) is 0 Å².